The minimum Gasteiger partial charge on any atom is -0.269 e. The van der Waals surface area contributed by atoms with E-state index in [1.165, 1.54) is 64.7 Å². The van der Waals surface area contributed by atoms with Crippen LogP contribution in [0.5, 0.6) is 0 Å². The molecule has 0 unspecified atom stereocenters. The van der Waals surface area contributed by atoms with Crippen LogP contribution in [0.1, 0.15) is 38.5 Å². The Hall–Kier alpha value is 1.20. The van der Waals surface area contributed by atoms with E-state index in [0.717, 1.165) is 0 Å². The molecule has 0 radical (unpaired) electrons. The van der Waals surface area contributed by atoms with Gasteiger partial charge in [0.05, 0.1) is 0 Å². The molecule has 0 spiro atoms. The molecule has 0 bridgehead atoms. The van der Waals surface area contributed by atoms with Crippen molar-refractivity contribution in [2.45, 2.75) is 38.5 Å². The molecule has 4 heteroatoms. The van der Waals surface area contributed by atoms with Crippen molar-refractivity contribution in [1.82, 2.24) is 1.97 Å². The molecule has 0 aromatic carbocycles. The average molecular weight is 333 g/mol. The summed E-state index contributed by atoms with van der Waals surface area (Å²) in [5, 5.41) is 0. The van der Waals surface area contributed by atoms with E-state index in [1.54, 1.807) is 0 Å². The van der Waals surface area contributed by atoms with Crippen LogP contribution in [0.3, 0.4) is 0 Å². The van der Waals surface area contributed by atoms with Crippen LogP contribution < -0.4 is 0 Å². The van der Waals surface area contributed by atoms with Gasteiger partial charge in [0.25, 0.3) is 0 Å². The number of piperidine rings is 2. The maximum Gasteiger partial charge on any atom is -0.269 e. The Morgan fingerprint density at radius 2 is 0.929 bits per heavy atom. The van der Waals surface area contributed by atoms with E-state index in [2.05, 4.69) is 1.97 Å². The van der Waals surface area contributed by atoms with Crippen molar-refractivity contribution in [2.24, 2.45) is 0 Å². The van der Waals surface area contributed by atoms with E-state index < -0.39 is 37.5 Å². The molecule has 2 saturated heterocycles. The van der Waals surface area contributed by atoms with Gasteiger partial charge in [0.1, 0.15) is 0 Å². The fourth-order valence-corrected chi connectivity index (χ4v) is 6.78. The smallest absolute Gasteiger partial charge is 0.269 e. The first kappa shape index (κ1) is 13.3. The van der Waals surface area contributed by atoms with Gasteiger partial charge in [0.2, 0.25) is 0 Å². The van der Waals surface area contributed by atoms with Crippen molar-refractivity contribution in [3.63, 3.8) is 0 Å². The van der Waals surface area contributed by atoms with Crippen LogP contribution in [0.15, 0.2) is 0 Å². The van der Waals surface area contributed by atoms with E-state index in [9.17, 15) is 0 Å². The van der Waals surface area contributed by atoms with E-state index >= 15 is 0 Å². The van der Waals surface area contributed by atoms with Crippen molar-refractivity contribution < 1.29 is 42.2 Å². The second-order valence-electron chi connectivity index (χ2n) is 4.20. The normalized spacial score (nSPS) is 25.4. The number of rotatable bonds is 2. The second kappa shape index (κ2) is 7.47. The summed E-state index contributed by atoms with van der Waals surface area (Å²) in [5.74, 6) is 0. The van der Waals surface area contributed by atoms with Crippen LogP contribution in [0.2, 0.25) is 0 Å². The molecule has 2 fully saturated rings. The molecule has 0 amide bonds. The molecular weight excluding hydrogens is 311 g/mol. The van der Waals surface area contributed by atoms with Crippen molar-refractivity contribution in [2.75, 3.05) is 26.2 Å². The first-order valence-corrected chi connectivity index (χ1v) is 8.58. The maximum atomic E-state index is 2.83. The van der Waals surface area contributed by atoms with Crippen LogP contribution in [0.4, 0.5) is 4.70 Å². The average Bonchev–Trinajstić information content (AvgIpc) is 2.21. The summed E-state index contributed by atoms with van der Waals surface area (Å²) in [5.41, 5.74) is 0. The van der Waals surface area contributed by atoms with Crippen LogP contribution in [-0.4, -0.2) is 28.1 Å². The molecular formula is C10H21FN2Nd. The number of hydrogen-bond donors (Lipinski definition) is 0. The van der Waals surface area contributed by atoms with Crippen LogP contribution in [-0.2, 0) is 0 Å². The molecule has 0 aromatic heterocycles. The van der Waals surface area contributed by atoms with Crippen LogP contribution in [0, 0.1) is 37.5 Å². The summed E-state index contributed by atoms with van der Waals surface area (Å²) in [6.07, 6.45) is 8.86. The summed E-state index contributed by atoms with van der Waals surface area (Å²) in [6.45, 7) is 5.72. The Labute approximate surface area is 108 Å². The van der Waals surface area contributed by atoms with Gasteiger partial charge in [-0.05, 0) is 0 Å². The second-order valence-corrected chi connectivity index (χ2v) is 8.89. The third-order valence-corrected chi connectivity index (χ3v) is 7.68. The summed E-state index contributed by atoms with van der Waals surface area (Å²) in [6, 6.07) is 0. The van der Waals surface area contributed by atoms with E-state index in [0.29, 0.717) is 0 Å². The van der Waals surface area contributed by atoms with Crippen LogP contribution in [0.25, 0.3) is 0 Å². The predicted octanol–water partition coefficient (Wildman–Crippen LogP) is 2.03. The first-order valence-electron chi connectivity index (χ1n) is 5.71. The predicted molar refractivity (Wildman–Crippen MR) is 53.4 cm³/mol. The molecule has 2 heterocycles. The molecule has 0 N–H and O–H groups in total. The summed E-state index contributed by atoms with van der Waals surface area (Å²) in [4.78, 5) is 0. The van der Waals surface area contributed by atoms with E-state index in [-0.39, 0.29) is 4.70 Å². The number of halogens is 1. The molecule has 0 saturated carbocycles. The summed E-state index contributed by atoms with van der Waals surface area (Å²) < 4.78 is 5.66. The number of nitrogens with zero attached hydrogens (tertiary/aromatic N) is 2. The monoisotopic (exact) mass is 330 g/mol. The van der Waals surface area contributed by atoms with Crippen molar-refractivity contribution in [3.05, 3.63) is 0 Å². The minimum atomic E-state index is -0.519. The Bertz CT molecular complexity index is 129. The fraction of sp³-hybridized carbons (Fsp3) is 1.00. The first-order chi connectivity index (χ1) is 6.45. The molecule has 2 aliphatic heterocycles. The van der Waals surface area contributed by atoms with Gasteiger partial charge in [0, 0.05) is 0 Å². The zero-order valence-corrected chi connectivity index (χ0v) is 12.1. The van der Waals surface area contributed by atoms with Gasteiger partial charge in [-0.25, -0.2) is 0 Å². The van der Waals surface area contributed by atoms with Crippen molar-refractivity contribution in [1.29, 1.82) is 0 Å². The Morgan fingerprint density at radius 3 is 1.29 bits per heavy atom. The molecule has 0 aromatic rings. The molecule has 82 valence electrons. The van der Waals surface area contributed by atoms with Gasteiger partial charge in [-0.3, -0.25) is 4.70 Å². The van der Waals surface area contributed by atoms with Crippen LogP contribution >= 0.6 is 0 Å². The van der Waals surface area contributed by atoms with Gasteiger partial charge < -0.3 is 0 Å². The Kier molecular flexibility index (Phi) is 7.08. The largest absolute Gasteiger partial charge is 0.269 e. The maximum absolute atomic E-state index is 2.83. The van der Waals surface area contributed by atoms with Gasteiger partial charge >= 0.3 is 104 Å². The van der Waals surface area contributed by atoms with Gasteiger partial charge in [-0.15, -0.1) is 0 Å². The van der Waals surface area contributed by atoms with E-state index in [4.69, 9.17) is 0 Å². The van der Waals surface area contributed by atoms with E-state index in [1.807, 2.05) is 0 Å². The topological polar surface area (TPSA) is 6.48 Å². The van der Waals surface area contributed by atoms with Gasteiger partial charge in [-0.1, -0.05) is 0 Å². The number of hydrogen-bond acceptors (Lipinski definition) is 2. The molecule has 0 atom stereocenters. The molecule has 0 aliphatic carbocycles. The van der Waals surface area contributed by atoms with Crippen molar-refractivity contribution >= 4 is 0 Å². The molecule has 14 heavy (non-hydrogen) atoms. The molecule has 2 aliphatic rings. The third kappa shape index (κ3) is 4.37. The quantitative estimate of drug-likeness (QED) is 0.763. The Morgan fingerprint density at radius 1 is 0.571 bits per heavy atom. The molecule has 2 nitrogen and oxygen atoms in total. The zero-order chi connectivity index (χ0) is 8.93. The van der Waals surface area contributed by atoms with Crippen molar-refractivity contribution in [3.8, 4) is 0 Å². The van der Waals surface area contributed by atoms with Gasteiger partial charge in [0.15, 0.2) is 0 Å². The summed E-state index contributed by atoms with van der Waals surface area (Å²) in [7, 11) is 0. The zero-order valence-electron chi connectivity index (χ0n) is 8.87. The SMILES string of the molecule is C1CC[N]([Nd][N]2CCCCC2)CC1.F. The fourth-order valence-electron chi connectivity index (χ4n) is 2.19. The molecule has 2 rings (SSSR count). The third-order valence-electron chi connectivity index (χ3n) is 2.99. The minimum absolute atomic E-state index is 0. The Balaban J connectivity index is 0.000000980. The standard InChI is InChI=1S/2C5H10N.FH.Nd/c2*1-2-4-6-5-3-1;;/h2*1-5H2;1H;/q2*-1;;+2. The van der Waals surface area contributed by atoms with Gasteiger partial charge in [-0.2, -0.15) is 0 Å². The summed E-state index contributed by atoms with van der Waals surface area (Å²) >= 11 is -0.519.